The predicted octanol–water partition coefficient (Wildman–Crippen LogP) is 3.88. The van der Waals surface area contributed by atoms with E-state index in [4.69, 9.17) is 17.3 Å². The Labute approximate surface area is 104 Å². The van der Waals surface area contributed by atoms with Crippen molar-refractivity contribution in [2.45, 2.75) is 0 Å². The summed E-state index contributed by atoms with van der Waals surface area (Å²) < 4.78 is 0.820. The van der Waals surface area contributed by atoms with Gasteiger partial charge in [-0.25, -0.2) is 4.98 Å². The summed E-state index contributed by atoms with van der Waals surface area (Å²) in [5, 5.41) is 5.21. The molecule has 0 saturated carbocycles. The van der Waals surface area contributed by atoms with Crippen LogP contribution in [0.15, 0.2) is 28.9 Å². The fourth-order valence-electron chi connectivity index (χ4n) is 1.06. The van der Waals surface area contributed by atoms with Crippen LogP contribution in [-0.2, 0) is 0 Å². The molecule has 0 aliphatic heterocycles. The topological polar surface area (TPSA) is 50.9 Å². The van der Waals surface area contributed by atoms with Crippen molar-refractivity contribution in [3.8, 4) is 0 Å². The largest absolute Gasteiger partial charge is 0.389 e. The zero-order chi connectivity index (χ0) is 10.8. The first kappa shape index (κ1) is 10.7. The molecule has 1 heterocycles. The maximum atomic E-state index is 5.96. The number of halogens is 2. The zero-order valence-corrected chi connectivity index (χ0v) is 10.7. The number of nitrogen functional groups attached to an aromatic ring is 1. The molecule has 15 heavy (non-hydrogen) atoms. The second-order valence-corrected chi connectivity index (χ2v) is 5.06. The molecule has 1 aromatic carbocycles. The molecule has 3 N–H and O–H groups in total. The predicted molar refractivity (Wildman–Crippen MR) is 69.0 cm³/mol. The first-order valence-corrected chi connectivity index (χ1v) is 6.08. The highest BCUT2D eigenvalue weighted by Gasteiger charge is 2.05. The fourth-order valence-corrected chi connectivity index (χ4v) is 2.19. The average Bonchev–Trinajstić information content (AvgIpc) is 2.59. The van der Waals surface area contributed by atoms with Crippen molar-refractivity contribution < 1.29 is 0 Å². The van der Waals surface area contributed by atoms with Gasteiger partial charge < -0.3 is 11.1 Å². The van der Waals surface area contributed by atoms with Crippen molar-refractivity contribution in [2.24, 2.45) is 0 Å². The van der Waals surface area contributed by atoms with E-state index in [-0.39, 0.29) is 0 Å². The third kappa shape index (κ3) is 2.42. The number of thiazole rings is 1. The van der Waals surface area contributed by atoms with Crippen LogP contribution in [0.2, 0.25) is 5.02 Å². The Morgan fingerprint density at radius 2 is 2.27 bits per heavy atom. The van der Waals surface area contributed by atoms with E-state index < -0.39 is 0 Å². The van der Waals surface area contributed by atoms with Crippen LogP contribution in [0, 0.1) is 0 Å². The lowest BCUT2D eigenvalue weighted by molar-refractivity contribution is 1.39. The number of aromatic nitrogens is 1. The molecule has 78 valence electrons. The number of hydrogen-bond acceptors (Lipinski definition) is 4. The Balaban J connectivity index is 2.28. The number of nitrogens with one attached hydrogen (secondary N) is 1. The van der Waals surface area contributed by atoms with Crippen LogP contribution in [0.3, 0.4) is 0 Å². The minimum Gasteiger partial charge on any atom is -0.389 e. The second kappa shape index (κ2) is 4.38. The second-order valence-electron chi connectivity index (χ2n) is 2.79. The van der Waals surface area contributed by atoms with Gasteiger partial charge in [-0.3, -0.25) is 0 Å². The molecule has 3 nitrogen and oxygen atoms in total. The molecule has 0 bridgehead atoms. The number of hydrogen-bond donors (Lipinski definition) is 2. The van der Waals surface area contributed by atoms with E-state index >= 15 is 0 Å². The minimum absolute atomic E-state index is 0.657. The van der Waals surface area contributed by atoms with Gasteiger partial charge in [-0.1, -0.05) is 29.0 Å². The normalized spacial score (nSPS) is 10.3. The number of rotatable bonds is 2. The van der Waals surface area contributed by atoms with Crippen LogP contribution in [0.25, 0.3) is 0 Å². The Hall–Kier alpha value is -0.780. The van der Waals surface area contributed by atoms with Crippen LogP contribution in [0.1, 0.15) is 0 Å². The van der Waals surface area contributed by atoms with E-state index in [1.807, 2.05) is 18.2 Å². The molecule has 1 aromatic heterocycles. The van der Waals surface area contributed by atoms with Crippen LogP contribution in [-0.4, -0.2) is 4.98 Å². The van der Waals surface area contributed by atoms with Gasteiger partial charge in [0.1, 0.15) is 5.00 Å². The smallest absolute Gasteiger partial charge is 0.189 e. The first-order chi connectivity index (χ1) is 7.16. The van der Waals surface area contributed by atoms with Gasteiger partial charge in [0.2, 0.25) is 0 Å². The molecule has 0 unspecified atom stereocenters. The maximum Gasteiger partial charge on any atom is 0.189 e. The van der Waals surface area contributed by atoms with E-state index in [2.05, 4.69) is 26.2 Å². The molecule has 0 aliphatic carbocycles. The number of anilines is 3. The molecule has 0 aliphatic rings. The van der Waals surface area contributed by atoms with Crippen molar-refractivity contribution in [1.29, 1.82) is 0 Å². The van der Waals surface area contributed by atoms with Gasteiger partial charge in [-0.05, 0) is 28.1 Å². The lowest BCUT2D eigenvalue weighted by atomic mass is 10.3. The summed E-state index contributed by atoms with van der Waals surface area (Å²) in [6, 6.07) is 5.59. The molecule has 0 amide bonds. The highest BCUT2D eigenvalue weighted by Crippen LogP contribution is 2.33. The van der Waals surface area contributed by atoms with Crippen molar-refractivity contribution in [2.75, 3.05) is 11.1 Å². The summed E-state index contributed by atoms with van der Waals surface area (Å²) in [5.74, 6) is 0. The van der Waals surface area contributed by atoms with Crippen molar-refractivity contribution in [3.63, 3.8) is 0 Å². The summed E-state index contributed by atoms with van der Waals surface area (Å²) in [6.45, 7) is 0. The van der Waals surface area contributed by atoms with E-state index in [9.17, 15) is 0 Å². The SMILES string of the molecule is Nc1cnc(Nc2cccc(Cl)c2Br)s1. The van der Waals surface area contributed by atoms with Gasteiger partial charge in [-0.2, -0.15) is 0 Å². The maximum absolute atomic E-state index is 5.96. The molecular weight excluding hydrogens is 298 g/mol. The zero-order valence-electron chi connectivity index (χ0n) is 7.50. The Morgan fingerprint density at radius 3 is 2.93 bits per heavy atom. The standard InChI is InChI=1S/C9H7BrClN3S/c10-8-5(11)2-1-3-6(8)14-9-13-4-7(12)15-9/h1-4H,12H2,(H,13,14). The number of nitrogens with two attached hydrogens (primary N) is 1. The molecule has 2 rings (SSSR count). The Kier molecular flexibility index (Phi) is 3.14. The fraction of sp³-hybridized carbons (Fsp3) is 0. The summed E-state index contributed by atoms with van der Waals surface area (Å²) in [6.07, 6.45) is 1.62. The molecule has 0 radical (unpaired) electrons. The highest BCUT2D eigenvalue weighted by molar-refractivity contribution is 9.10. The van der Waals surface area contributed by atoms with Crippen LogP contribution < -0.4 is 11.1 Å². The minimum atomic E-state index is 0.657. The molecule has 6 heteroatoms. The highest BCUT2D eigenvalue weighted by atomic mass is 79.9. The summed E-state index contributed by atoms with van der Waals surface area (Å²) in [5.41, 5.74) is 6.45. The van der Waals surface area contributed by atoms with E-state index in [1.165, 1.54) is 11.3 Å². The van der Waals surface area contributed by atoms with Gasteiger partial charge in [0, 0.05) is 0 Å². The molecule has 0 atom stereocenters. The summed E-state index contributed by atoms with van der Waals surface area (Å²) in [4.78, 5) is 4.10. The third-order valence-electron chi connectivity index (χ3n) is 1.72. The van der Waals surface area contributed by atoms with Crippen molar-refractivity contribution in [1.82, 2.24) is 4.98 Å². The van der Waals surface area contributed by atoms with E-state index in [1.54, 1.807) is 6.20 Å². The van der Waals surface area contributed by atoms with Crippen LogP contribution in [0.4, 0.5) is 15.8 Å². The molecule has 0 fully saturated rings. The van der Waals surface area contributed by atoms with Crippen LogP contribution in [0.5, 0.6) is 0 Å². The number of benzene rings is 1. The molecule has 2 aromatic rings. The average molecular weight is 305 g/mol. The Bertz CT molecular complexity index is 486. The third-order valence-corrected chi connectivity index (χ3v) is 3.86. The first-order valence-electron chi connectivity index (χ1n) is 4.09. The summed E-state index contributed by atoms with van der Waals surface area (Å²) in [7, 11) is 0. The van der Waals surface area contributed by atoms with E-state index in [0.29, 0.717) is 10.0 Å². The van der Waals surface area contributed by atoms with Gasteiger partial charge in [0.05, 0.1) is 21.4 Å². The van der Waals surface area contributed by atoms with Crippen LogP contribution >= 0.6 is 38.9 Å². The van der Waals surface area contributed by atoms with E-state index in [0.717, 1.165) is 15.3 Å². The molecule has 0 spiro atoms. The van der Waals surface area contributed by atoms with Gasteiger partial charge in [0.15, 0.2) is 5.13 Å². The van der Waals surface area contributed by atoms with Gasteiger partial charge in [-0.15, -0.1) is 0 Å². The van der Waals surface area contributed by atoms with Gasteiger partial charge in [0.25, 0.3) is 0 Å². The summed E-state index contributed by atoms with van der Waals surface area (Å²) >= 11 is 10.7. The van der Waals surface area contributed by atoms with Crippen molar-refractivity contribution in [3.05, 3.63) is 33.9 Å². The molecular formula is C9H7BrClN3S. The number of nitrogens with zero attached hydrogens (tertiary/aromatic N) is 1. The monoisotopic (exact) mass is 303 g/mol. The van der Waals surface area contributed by atoms with Crippen molar-refractivity contribution >= 4 is 54.7 Å². The quantitative estimate of drug-likeness (QED) is 0.885. The Morgan fingerprint density at radius 1 is 1.47 bits per heavy atom. The van der Waals surface area contributed by atoms with Gasteiger partial charge >= 0.3 is 0 Å². The lowest BCUT2D eigenvalue weighted by Crippen LogP contribution is -1.90. The molecule has 0 saturated heterocycles. The lowest BCUT2D eigenvalue weighted by Gasteiger charge is -2.05.